The number of aromatic nitrogens is 3. The predicted octanol–water partition coefficient (Wildman–Crippen LogP) is 1.49. The first-order valence-electron chi connectivity index (χ1n) is 6.00. The Labute approximate surface area is 118 Å². The molecule has 0 radical (unpaired) electrons. The Hall–Kier alpha value is -2.71. The minimum atomic E-state index is -2.53. The molecule has 2 heterocycles. The van der Waals surface area contributed by atoms with Crippen LogP contribution in [0.5, 0.6) is 0 Å². The van der Waals surface area contributed by atoms with Crippen molar-refractivity contribution >= 4 is 17.4 Å². The number of carbonyl (C=O) groups is 1. The summed E-state index contributed by atoms with van der Waals surface area (Å²) < 4.78 is 26.7. The molecule has 0 aromatic carbocycles. The second kappa shape index (κ2) is 6.16. The highest BCUT2D eigenvalue weighted by atomic mass is 19.3. The van der Waals surface area contributed by atoms with Crippen LogP contribution in [0.3, 0.4) is 0 Å². The van der Waals surface area contributed by atoms with Gasteiger partial charge < -0.3 is 15.2 Å². The van der Waals surface area contributed by atoms with Gasteiger partial charge in [0, 0.05) is 19.4 Å². The van der Waals surface area contributed by atoms with Crippen molar-refractivity contribution in [2.45, 2.75) is 13.0 Å². The van der Waals surface area contributed by atoms with E-state index in [0.717, 1.165) is 4.68 Å². The summed E-state index contributed by atoms with van der Waals surface area (Å²) in [6.07, 6.45) is 1.54. The minimum Gasteiger partial charge on any atom is -0.317 e. The summed E-state index contributed by atoms with van der Waals surface area (Å²) in [6.45, 7) is -0.553. The number of hydrogen-bond donors (Lipinski definition) is 2. The van der Waals surface area contributed by atoms with E-state index >= 15 is 0 Å². The highest BCUT2D eigenvalue weighted by Gasteiger charge is 2.09. The van der Waals surface area contributed by atoms with E-state index in [-0.39, 0.29) is 16.9 Å². The summed E-state index contributed by atoms with van der Waals surface area (Å²) >= 11 is 0. The maximum absolute atomic E-state index is 12.2. The fourth-order valence-corrected chi connectivity index (χ4v) is 1.65. The Morgan fingerprint density at radius 2 is 2.19 bits per heavy atom. The molecule has 9 heteroatoms. The lowest BCUT2D eigenvalue weighted by Gasteiger charge is -2.06. The van der Waals surface area contributed by atoms with Crippen molar-refractivity contribution in [3.63, 3.8) is 0 Å². The quantitative estimate of drug-likeness (QED) is 0.897. The summed E-state index contributed by atoms with van der Waals surface area (Å²) in [6, 6.07) is 2.41. The molecule has 0 bridgehead atoms. The van der Waals surface area contributed by atoms with Crippen LogP contribution >= 0.6 is 0 Å². The highest BCUT2D eigenvalue weighted by Crippen LogP contribution is 2.08. The lowest BCUT2D eigenvalue weighted by Crippen LogP contribution is -2.26. The van der Waals surface area contributed by atoms with Gasteiger partial charge in [-0.3, -0.25) is 9.48 Å². The zero-order valence-corrected chi connectivity index (χ0v) is 11.1. The lowest BCUT2D eigenvalue weighted by molar-refractivity contribution is 0.122. The van der Waals surface area contributed by atoms with E-state index in [1.165, 1.54) is 23.0 Å². The van der Waals surface area contributed by atoms with Crippen LogP contribution in [0.4, 0.5) is 25.0 Å². The zero-order valence-electron chi connectivity index (χ0n) is 11.1. The van der Waals surface area contributed by atoms with Crippen LogP contribution in [0.1, 0.15) is 0 Å². The van der Waals surface area contributed by atoms with Gasteiger partial charge in [-0.2, -0.15) is 5.10 Å². The number of pyridine rings is 1. The molecule has 2 rings (SSSR count). The molecule has 2 aromatic heterocycles. The number of alkyl halides is 2. The van der Waals surface area contributed by atoms with Gasteiger partial charge in [0.25, 0.3) is 12.0 Å². The van der Waals surface area contributed by atoms with Crippen LogP contribution in [-0.2, 0) is 13.6 Å². The SMILES string of the molecule is Cn1cccc(NC(=O)Nc2cnn(CC(F)F)c2)c1=O. The molecular formula is C12H13F2N5O2. The highest BCUT2D eigenvalue weighted by molar-refractivity contribution is 5.99. The molecule has 0 aliphatic carbocycles. The largest absolute Gasteiger partial charge is 0.323 e. The van der Waals surface area contributed by atoms with Gasteiger partial charge in [-0.05, 0) is 12.1 Å². The first kappa shape index (κ1) is 14.7. The van der Waals surface area contributed by atoms with Gasteiger partial charge in [0.1, 0.15) is 12.2 Å². The van der Waals surface area contributed by atoms with Gasteiger partial charge in [-0.1, -0.05) is 0 Å². The van der Waals surface area contributed by atoms with Crippen LogP contribution in [0, 0.1) is 0 Å². The normalized spacial score (nSPS) is 10.7. The average molecular weight is 297 g/mol. The second-order valence-corrected chi connectivity index (χ2v) is 4.26. The molecule has 21 heavy (non-hydrogen) atoms. The number of urea groups is 1. The van der Waals surface area contributed by atoms with Crippen molar-refractivity contribution in [2.24, 2.45) is 7.05 Å². The van der Waals surface area contributed by atoms with Crippen molar-refractivity contribution in [2.75, 3.05) is 10.6 Å². The van der Waals surface area contributed by atoms with E-state index in [1.54, 1.807) is 19.3 Å². The molecule has 0 atom stereocenters. The van der Waals surface area contributed by atoms with E-state index in [4.69, 9.17) is 0 Å². The summed E-state index contributed by atoms with van der Waals surface area (Å²) in [5.41, 5.74) is -0.000534. The Kier molecular flexibility index (Phi) is 4.31. The van der Waals surface area contributed by atoms with Crippen molar-refractivity contribution in [3.8, 4) is 0 Å². The summed E-state index contributed by atoms with van der Waals surface area (Å²) in [7, 11) is 1.56. The maximum Gasteiger partial charge on any atom is 0.323 e. The number of anilines is 2. The van der Waals surface area contributed by atoms with E-state index in [1.807, 2.05) is 0 Å². The Balaban J connectivity index is 2.00. The molecule has 2 aromatic rings. The molecule has 0 aliphatic rings. The summed E-state index contributed by atoms with van der Waals surface area (Å²) in [4.78, 5) is 23.4. The monoisotopic (exact) mass is 297 g/mol. The smallest absolute Gasteiger partial charge is 0.317 e. The number of nitrogens with zero attached hydrogens (tertiary/aromatic N) is 3. The Morgan fingerprint density at radius 1 is 1.43 bits per heavy atom. The maximum atomic E-state index is 12.2. The van der Waals surface area contributed by atoms with Gasteiger partial charge in [-0.25, -0.2) is 13.6 Å². The van der Waals surface area contributed by atoms with Crippen molar-refractivity contribution in [1.82, 2.24) is 14.3 Å². The molecule has 0 saturated carbocycles. The van der Waals surface area contributed by atoms with Crippen LogP contribution in [0.15, 0.2) is 35.5 Å². The minimum absolute atomic E-state index is 0.109. The van der Waals surface area contributed by atoms with Crippen LogP contribution in [0.2, 0.25) is 0 Å². The third kappa shape index (κ3) is 3.88. The van der Waals surface area contributed by atoms with E-state index < -0.39 is 19.0 Å². The van der Waals surface area contributed by atoms with Crippen molar-refractivity contribution in [3.05, 3.63) is 41.1 Å². The topological polar surface area (TPSA) is 81.0 Å². The fourth-order valence-electron chi connectivity index (χ4n) is 1.65. The standard InChI is InChI=1S/C12H13F2N5O2/c1-18-4-2-3-9(11(18)20)17-12(21)16-8-5-15-19(6-8)7-10(13)14/h2-6,10H,7H2,1H3,(H2,16,17,21). The predicted molar refractivity (Wildman–Crippen MR) is 72.6 cm³/mol. The van der Waals surface area contributed by atoms with Crippen molar-refractivity contribution in [1.29, 1.82) is 0 Å². The molecular weight excluding hydrogens is 284 g/mol. The second-order valence-electron chi connectivity index (χ2n) is 4.26. The Bertz CT molecular complexity index is 695. The Morgan fingerprint density at radius 3 is 2.90 bits per heavy atom. The van der Waals surface area contributed by atoms with Crippen LogP contribution in [0.25, 0.3) is 0 Å². The summed E-state index contributed by atoms with van der Waals surface area (Å²) in [5.74, 6) is 0. The van der Waals surface area contributed by atoms with Crippen LogP contribution in [-0.4, -0.2) is 26.8 Å². The molecule has 0 spiro atoms. The summed E-state index contributed by atoms with van der Waals surface area (Å²) in [5, 5.41) is 8.46. The molecule has 0 fully saturated rings. The number of rotatable bonds is 4. The third-order valence-corrected chi connectivity index (χ3v) is 2.59. The van der Waals surface area contributed by atoms with Crippen LogP contribution < -0.4 is 16.2 Å². The number of amides is 2. The average Bonchev–Trinajstić information content (AvgIpc) is 2.81. The van der Waals surface area contributed by atoms with Gasteiger partial charge >= 0.3 is 6.03 Å². The molecule has 0 unspecified atom stereocenters. The molecule has 7 nitrogen and oxygen atoms in total. The molecule has 2 N–H and O–H groups in total. The fraction of sp³-hybridized carbons (Fsp3) is 0.250. The van der Waals surface area contributed by atoms with Gasteiger partial charge in [0.05, 0.1) is 11.9 Å². The third-order valence-electron chi connectivity index (χ3n) is 2.59. The lowest BCUT2D eigenvalue weighted by atomic mass is 10.4. The van der Waals surface area contributed by atoms with Gasteiger partial charge in [-0.15, -0.1) is 0 Å². The number of halogens is 2. The molecule has 2 amide bonds. The number of carbonyl (C=O) groups excluding carboxylic acids is 1. The molecule has 112 valence electrons. The van der Waals surface area contributed by atoms with E-state index in [0.29, 0.717) is 0 Å². The van der Waals surface area contributed by atoms with E-state index in [9.17, 15) is 18.4 Å². The number of aryl methyl sites for hydroxylation is 1. The number of nitrogens with one attached hydrogen (secondary N) is 2. The van der Waals surface area contributed by atoms with E-state index in [2.05, 4.69) is 15.7 Å². The molecule has 0 aliphatic heterocycles. The first-order chi connectivity index (χ1) is 9.95. The zero-order chi connectivity index (χ0) is 15.4. The van der Waals surface area contributed by atoms with Gasteiger partial charge in [0.15, 0.2) is 0 Å². The van der Waals surface area contributed by atoms with Gasteiger partial charge in [0.2, 0.25) is 0 Å². The first-order valence-corrected chi connectivity index (χ1v) is 6.00. The number of hydrogen-bond acceptors (Lipinski definition) is 3. The van der Waals surface area contributed by atoms with Crippen molar-refractivity contribution < 1.29 is 13.6 Å². The molecule has 0 saturated heterocycles.